The van der Waals surface area contributed by atoms with Gasteiger partial charge in [-0.1, -0.05) is 29.4 Å². The number of hydrogen-bond acceptors (Lipinski definition) is 5. The summed E-state index contributed by atoms with van der Waals surface area (Å²) >= 11 is 0. The summed E-state index contributed by atoms with van der Waals surface area (Å²) in [4.78, 5) is 29.7. The molecule has 1 unspecified atom stereocenters. The number of nitrogens with one attached hydrogen (secondary N) is 2. The fraction of sp³-hybridized carbons (Fsp3) is 0.412. The molecule has 1 aromatic heterocycles. The maximum Gasteiger partial charge on any atom is 0.318 e. The van der Waals surface area contributed by atoms with E-state index in [1.54, 1.807) is 11.8 Å². The first-order chi connectivity index (χ1) is 12.0. The maximum atomic E-state index is 12.4. The summed E-state index contributed by atoms with van der Waals surface area (Å²) < 4.78 is 5.31. The lowest BCUT2D eigenvalue weighted by Crippen LogP contribution is -2.42. The van der Waals surface area contributed by atoms with Crippen LogP contribution in [0, 0.1) is 6.92 Å². The van der Waals surface area contributed by atoms with Crippen LogP contribution >= 0.6 is 0 Å². The molecule has 1 atom stereocenters. The molecule has 0 radical (unpaired) electrons. The number of rotatable bonds is 3. The fourth-order valence-corrected chi connectivity index (χ4v) is 2.65. The minimum Gasteiger partial charge on any atom is -0.354 e. The van der Waals surface area contributed by atoms with E-state index in [2.05, 4.69) is 20.8 Å². The van der Waals surface area contributed by atoms with E-state index in [1.165, 1.54) is 0 Å². The third kappa shape index (κ3) is 3.96. The lowest BCUT2D eigenvalue weighted by molar-refractivity contribution is -0.120. The molecule has 1 saturated heterocycles. The molecule has 2 aromatic rings. The van der Waals surface area contributed by atoms with Gasteiger partial charge in [0, 0.05) is 31.6 Å². The van der Waals surface area contributed by atoms with Crippen LogP contribution in [0.1, 0.15) is 30.8 Å². The van der Waals surface area contributed by atoms with Gasteiger partial charge in [0.15, 0.2) is 0 Å². The first-order valence-electron chi connectivity index (χ1n) is 8.26. The van der Waals surface area contributed by atoms with Gasteiger partial charge in [0.05, 0.1) is 0 Å². The van der Waals surface area contributed by atoms with Crippen LogP contribution in [-0.4, -0.2) is 46.6 Å². The number of urea groups is 1. The Morgan fingerprint density at radius 1 is 1.36 bits per heavy atom. The molecular weight excluding hydrogens is 322 g/mol. The number of amides is 3. The van der Waals surface area contributed by atoms with Crippen molar-refractivity contribution in [3.8, 4) is 11.4 Å². The second-order valence-corrected chi connectivity index (χ2v) is 6.03. The summed E-state index contributed by atoms with van der Waals surface area (Å²) in [6.45, 7) is 5.09. The third-order valence-electron chi connectivity index (χ3n) is 4.14. The lowest BCUT2D eigenvalue weighted by atomic mass is 10.1. The maximum absolute atomic E-state index is 12.4. The zero-order valence-electron chi connectivity index (χ0n) is 14.3. The molecule has 2 N–H and O–H groups in total. The second kappa shape index (κ2) is 7.33. The molecule has 132 valence electrons. The highest BCUT2D eigenvalue weighted by Crippen LogP contribution is 2.21. The van der Waals surface area contributed by atoms with Crippen LogP contribution < -0.4 is 10.6 Å². The van der Waals surface area contributed by atoms with E-state index in [1.807, 2.05) is 31.2 Å². The Kier molecular flexibility index (Phi) is 4.97. The standard InChI is InChI=1S/C17H21N5O3/c1-11-5-3-4-6-13(11)15-20-16(25-21-15)12(2)19-17(24)22-9-7-14(23)18-8-10-22/h3-6,12H,7-10H2,1-2H3,(H,18,23)(H,19,24). The molecule has 1 aliphatic rings. The first kappa shape index (κ1) is 16.9. The van der Waals surface area contributed by atoms with Crippen LogP contribution in [0.15, 0.2) is 28.8 Å². The van der Waals surface area contributed by atoms with Gasteiger partial charge in [0.1, 0.15) is 6.04 Å². The molecule has 0 spiro atoms. The summed E-state index contributed by atoms with van der Waals surface area (Å²) in [5.74, 6) is 0.803. The van der Waals surface area contributed by atoms with Crippen molar-refractivity contribution < 1.29 is 14.1 Å². The molecule has 25 heavy (non-hydrogen) atoms. The number of hydrogen-bond donors (Lipinski definition) is 2. The van der Waals surface area contributed by atoms with E-state index in [0.29, 0.717) is 37.8 Å². The van der Waals surface area contributed by atoms with Gasteiger partial charge in [-0.05, 0) is 19.4 Å². The average molecular weight is 343 g/mol. The van der Waals surface area contributed by atoms with Crippen LogP contribution in [0.2, 0.25) is 0 Å². The normalized spacial score (nSPS) is 16.1. The molecule has 1 aliphatic heterocycles. The molecule has 0 aliphatic carbocycles. The minimum atomic E-state index is -0.426. The molecule has 0 saturated carbocycles. The molecule has 0 bridgehead atoms. The van der Waals surface area contributed by atoms with Crippen molar-refractivity contribution in [2.75, 3.05) is 19.6 Å². The monoisotopic (exact) mass is 343 g/mol. The van der Waals surface area contributed by atoms with Gasteiger partial charge in [-0.3, -0.25) is 4.79 Å². The molecule has 3 rings (SSSR count). The molecule has 3 amide bonds. The van der Waals surface area contributed by atoms with Gasteiger partial charge < -0.3 is 20.1 Å². The molecule has 8 heteroatoms. The summed E-state index contributed by atoms with van der Waals surface area (Å²) in [6.07, 6.45) is 0.305. The van der Waals surface area contributed by atoms with Crippen LogP contribution in [0.5, 0.6) is 0 Å². The van der Waals surface area contributed by atoms with Crippen LogP contribution in [0.25, 0.3) is 11.4 Å². The zero-order valence-corrected chi connectivity index (χ0v) is 14.3. The van der Waals surface area contributed by atoms with Gasteiger partial charge in [0.25, 0.3) is 0 Å². The van der Waals surface area contributed by atoms with Gasteiger partial charge in [0.2, 0.25) is 17.6 Å². The van der Waals surface area contributed by atoms with E-state index >= 15 is 0 Å². The highest BCUT2D eigenvalue weighted by atomic mass is 16.5. The van der Waals surface area contributed by atoms with Crippen molar-refractivity contribution in [1.29, 1.82) is 0 Å². The fourth-order valence-electron chi connectivity index (χ4n) is 2.65. The highest BCUT2D eigenvalue weighted by Gasteiger charge is 2.23. The Balaban J connectivity index is 1.65. The van der Waals surface area contributed by atoms with Gasteiger partial charge >= 0.3 is 6.03 Å². The van der Waals surface area contributed by atoms with Crippen molar-refractivity contribution in [3.63, 3.8) is 0 Å². The average Bonchev–Trinajstić information content (AvgIpc) is 2.98. The minimum absolute atomic E-state index is 0.0388. The van der Waals surface area contributed by atoms with Gasteiger partial charge in [-0.2, -0.15) is 4.98 Å². The van der Waals surface area contributed by atoms with Crippen LogP contribution in [0.4, 0.5) is 4.79 Å². The summed E-state index contributed by atoms with van der Waals surface area (Å²) in [7, 11) is 0. The number of aryl methyl sites for hydroxylation is 1. The van der Waals surface area contributed by atoms with E-state index in [4.69, 9.17) is 4.52 Å². The van der Waals surface area contributed by atoms with E-state index in [-0.39, 0.29) is 11.9 Å². The van der Waals surface area contributed by atoms with Crippen molar-refractivity contribution in [1.82, 2.24) is 25.7 Å². The number of benzene rings is 1. The number of carbonyl (C=O) groups excluding carboxylic acids is 2. The van der Waals surface area contributed by atoms with Crippen molar-refractivity contribution in [3.05, 3.63) is 35.7 Å². The van der Waals surface area contributed by atoms with E-state index in [0.717, 1.165) is 11.1 Å². The Labute approximate surface area is 145 Å². The van der Waals surface area contributed by atoms with Crippen molar-refractivity contribution >= 4 is 11.9 Å². The Bertz CT molecular complexity index is 773. The molecular formula is C17H21N5O3. The lowest BCUT2D eigenvalue weighted by Gasteiger charge is -2.21. The number of carbonyl (C=O) groups is 2. The van der Waals surface area contributed by atoms with Gasteiger partial charge in [-0.25, -0.2) is 4.79 Å². The predicted octanol–water partition coefficient (Wildman–Crippen LogP) is 1.64. The van der Waals surface area contributed by atoms with Gasteiger partial charge in [-0.15, -0.1) is 0 Å². The summed E-state index contributed by atoms with van der Waals surface area (Å²) in [6, 6.07) is 7.09. The van der Waals surface area contributed by atoms with Crippen molar-refractivity contribution in [2.45, 2.75) is 26.3 Å². The molecule has 8 nitrogen and oxygen atoms in total. The zero-order chi connectivity index (χ0) is 17.8. The van der Waals surface area contributed by atoms with E-state index < -0.39 is 6.04 Å². The first-order valence-corrected chi connectivity index (χ1v) is 8.26. The highest BCUT2D eigenvalue weighted by molar-refractivity contribution is 5.79. The topological polar surface area (TPSA) is 100 Å². The summed E-state index contributed by atoms with van der Waals surface area (Å²) in [5, 5.41) is 9.59. The number of nitrogens with zero attached hydrogens (tertiary/aromatic N) is 3. The van der Waals surface area contributed by atoms with Crippen LogP contribution in [-0.2, 0) is 4.79 Å². The quantitative estimate of drug-likeness (QED) is 0.882. The third-order valence-corrected chi connectivity index (χ3v) is 4.14. The Hall–Kier alpha value is -2.90. The second-order valence-electron chi connectivity index (χ2n) is 6.03. The largest absolute Gasteiger partial charge is 0.354 e. The van der Waals surface area contributed by atoms with E-state index in [9.17, 15) is 9.59 Å². The van der Waals surface area contributed by atoms with Crippen LogP contribution in [0.3, 0.4) is 0 Å². The molecule has 1 aromatic carbocycles. The molecule has 2 heterocycles. The molecule has 1 fully saturated rings. The SMILES string of the molecule is Cc1ccccc1-c1noc(C(C)NC(=O)N2CCNC(=O)CC2)n1. The predicted molar refractivity (Wildman–Crippen MR) is 90.6 cm³/mol. The Morgan fingerprint density at radius 2 is 2.16 bits per heavy atom. The Morgan fingerprint density at radius 3 is 2.96 bits per heavy atom. The number of aromatic nitrogens is 2. The van der Waals surface area contributed by atoms with Crippen molar-refractivity contribution in [2.24, 2.45) is 0 Å². The summed E-state index contributed by atoms with van der Waals surface area (Å²) in [5.41, 5.74) is 1.95. The smallest absolute Gasteiger partial charge is 0.318 e.